The molecule has 2 N–H and O–H groups in total. The van der Waals surface area contributed by atoms with Gasteiger partial charge in [-0.05, 0) is 31.4 Å². The minimum atomic E-state index is -0.691. The highest BCUT2D eigenvalue weighted by atomic mass is 16.4. The zero-order chi connectivity index (χ0) is 13.9. The molecule has 0 bridgehead atoms. The number of nitrogens with zero attached hydrogens (tertiary/aromatic N) is 2. The first-order chi connectivity index (χ1) is 9.74. The van der Waals surface area contributed by atoms with Crippen LogP contribution in [0, 0.1) is 5.92 Å². The van der Waals surface area contributed by atoms with Crippen molar-refractivity contribution in [2.75, 3.05) is 5.32 Å². The van der Waals surface area contributed by atoms with Gasteiger partial charge < -0.3 is 10.4 Å². The predicted molar refractivity (Wildman–Crippen MR) is 76.5 cm³/mol. The van der Waals surface area contributed by atoms with E-state index in [0.29, 0.717) is 6.42 Å². The molecular weight excluding hydrogens is 254 g/mol. The van der Waals surface area contributed by atoms with Crippen LogP contribution in [0.5, 0.6) is 0 Å². The summed E-state index contributed by atoms with van der Waals surface area (Å²) in [6, 6.07) is 8.00. The number of hydrogen-bond donors (Lipinski definition) is 2. The Balaban J connectivity index is 1.81. The van der Waals surface area contributed by atoms with Gasteiger partial charge in [0.1, 0.15) is 12.1 Å². The first kappa shape index (κ1) is 12.8. The summed E-state index contributed by atoms with van der Waals surface area (Å²) in [7, 11) is 0. The molecule has 2 atom stereocenters. The van der Waals surface area contributed by atoms with Crippen LogP contribution in [0.15, 0.2) is 30.6 Å². The van der Waals surface area contributed by atoms with E-state index < -0.39 is 5.97 Å². The SMILES string of the molecule is O=C(O)C1CCCC(Nc2ncnc3ccccc23)C1. The number of hydrogen-bond acceptors (Lipinski definition) is 4. The Kier molecular flexibility index (Phi) is 3.50. The van der Waals surface area contributed by atoms with Gasteiger partial charge in [-0.15, -0.1) is 0 Å². The van der Waals surface area contributed by atoms with Crippen LogP contribution in [0.1, 0.15) is 25.7 Å². The van der Waals surface area contributed by atoms with E-state index in [0.717, 1.165) is 36.0 Å². The highest BCUT2D eigenvalue weighted by Crippen LogP contribution is 2.28. The van der Waals surface area contributed by atoms with Gasteiger partial charge in [-0.25, -0.2) is 9.97 Å². The summed E-state index contributed by atoms with van der Waals surface area (Å²) in [6.07, 6.45) is 4.91. The number of fused-ring (bicyclic) bond motifs is 1. The Morgan fingerprint density at radius 2 is 2.10 bits per heavy atom. The maximum atomic E-state index is 11.1. The van der Waals surface area contributed by atoms with Gasteiger partial charge in [0, 0.05) is 11.4 Å². The van der Waals surface area contributed by atoms with Crippen molar-refractivity contribution in [3.8, 4) is 0 Å². The number of anilines is 1. The van der Waals surface area contributed by atoms with E-state index in [1.807, 2.05) is 24.3 Å². The van der Waals surface area contributed by atoms with Crippen molar-refractivity contribution < 1.29 is 9.90 Å². The van der Waals surface area contributed by atoms with Crippen LogP contribution >= 0.6 is 0 Å². The molecule has 104 valence electrons. The Bertz CT molecular complexity index is 624. The molecule has 1 aromatic heterocycles. The third kappa shape index (κ3) is 2.57. The Labute approximate surface area is 117 Å². The zero-order valence-corrected chi connectivity index (χ0v) is 11.1. The molecule has 5 heteroatoms. The molecule has 1 aromatic carbocycles. The van der Waals surface area contributed by atoms with E-state index in [1.54, 1.807) is 6.33 Å². The van der Waals surface area contributed by atoms with Crippen LogP contribution in [0.2, 0.25) is 0 Å². The van der Waals surface area contributed by atoms with Crippen LogP contribution in [-0.4, -0.2) is 27.1 Å². The van der Waals surface area contributed by atoms with Crippen LogP contribution in [-0.2, 0) is 4.79 Å². The lowest BCUT2D eigenvalue weighted by molar-refractivity contribution is -0.142. The van der Waals surface area contributed by atoms with Crippen molar-refractivity contribution in [3.63, 3.8) is 0 Å². The molecule has 20 heavy (non-hydrogen) atoms. The molecule has 1 saturated carbocycles. The maximum absolute atomic E-state index is 11.1. The molecule has 2 aromatic rings. The van der Waals surface area contributed by atoms with Gasteiger partial charge in [0.2, 0.25) is 0 Å². The molecule has 1 fully saturated rings. The number of rotatable bonds is 3. The van der Waals surface area contributed by atoms with Gasteiger partial charge >= 0.3 is 5.97 Å². The minimum absolute atomic E-state index is 0.170. The Hall–Kier alpha value is -2.17. The second-order valence-corrected chi connectivity index (χ2v) is 5.28. The highest BCUT2D eigenvalue weighted by Gasteiger charge is 2.27. The van der Waals surface area contributed by atoms with Crippen molar-refractivity contribution in [2.24, 2.45) is 5.92 Å². The molecule has 1 aliphatic rings. The van der Waals surface area contributed by atoms with Gasteiger partial charge in [0.25, 0.3) is 0 Å². The molecule has 2 unspecified atom stereocenters. The summed E-state index contributed by atoms with van der Waals surface area (Å²) < 4.78 is 0. The Morgan fingerprint density at radius 3 is 2.95 bits per heavy atom. The topological polar surface area (TPSA) is 75.1 Å². The lowest BCUT2D eigenvalue weighted by Crippen LogP contribution is -2.31. The van der Waals surface area contributed by atoms with E-state index in [-0.39, 0.29) is 12.0 Å². The number of para-hydroxylation sites is 1. The van der Waals surface area contributed by atoms with E-state index in [9.17, 15) is 4.79 Å². The van der Waals surface area contributed by atoms with E-state index >= 15 is 0 Å². The van der Waals surface area contributed by atoms with Gasteiger partial charge in [0.15, 0.2) is 0 Å². The van der Waals surface area contributed by atoms with Crippen molar-refractivity contribution >= 4 is 22.7 Å². The molecule has 0 saturated heterocycles. The molecule has 5 nitrogen and oxygen atoms in total. The normalized spacial score (nSPS) is 22.6. The third-order valence-electron chi connectivity index (χ3n) is 3.91. The summed E-state index contributed by atoms with van der Waals surface area (Å²) >= 11 is 0. The molecule has 1 aliphatic carbocycles. The summed E-state index contributed by atoms with van der Waals surface area (Å²) in [5.41, 5.74) is 0.899. The van der Waals surface area contributed by atoms with E-state index in [4.69, 9.17) is 5.11 Å². The maximum Gasteiger partial charge on any atom is 0.306 e. The third-order valence-corrected chi connectivity index (χ3v) is 3.91. The van der Waals surface area contributed by atoms with E-state index in [2.05, 4.69) is 15.3 Å². The number of benzene rings is 1. The fourth-order valence-electron chi connectivity index (χ4n) is 2.86. The lowest BCUT2D eigenvalue weighted by Gasteiger charge is -2.28. The van der Waals surface area contributed by atoms with Gasteiger partial charge in [-0.1, -0.05) is 18.6 Å². The average molecular weight is 271 g/mol. The van der Waals surface area contributed by atoms with Crippen molar-refractivity contribution in [3.05, 3.63) is 30.6 Å². The number of carbonyl (C=O) groups is 1. The number of carboxylic acids is 1. The number of nitrogens with one attached hydrogen (secondary N) is 1. The summed E-state index contributed by atoms with van der Waals surface area (Å²) in [4.78, 5) is 19.6. The quantitative estimate of drug-likeness (QED) is 0.897. The first-order valence-corrected chi connectivity index (χ1v) is 6.93. The summed E-state index contributed by atoms with van der Waals surface area (Å²) in [6.45, 7) is 0. The second-order valence-electron chi connectivity index (χ2n) is 5.28. The molecule has 0 radical (unpaired) electrons. The number of carboxylic acid groups (broad SMARTS) is 1. The highest BCUT2D eigenvalue weighted by molar-refractivity contribution is 5.88. The molecule has 0 aliphatic heterocycles. The van der Waals surface area contributed by atoms with Gasteiger partial charge in [-0.3, -0.25) is 4.79 Å². The first-order valence-electron chi connectivity index (χ1n) is 6.93. The average Bonchev–Trinajstić information content (AvgIpc) is 2.48. The van der Waals surface area contributed by atoms with Crippen LogP contribution in [0.4, 0.5) is 5.82 Å². The predicted octanol–water partition coefficient (Wildman–Crippen LogP) is 2.69. The van der Waals surface area contributed by atoms with Gasteiger partial charge in [-0.2, -0.15) is 0 Å². The standard InChI is InChI=1S/C15H17N3O2/c19-15(20)10-4-3-5-11(8-10)18-14-12-6-1-2-7-13(12)16-9-17-14/h1-2,6-7,9-11H,3-5,8H2,(H,19,20)(H,16,17,18). The van der Waals surface area contributed by atoms with E-state index in [1.165, 1.54) is 0 Å². The number of aliphatic carboxylic acids is 1. The molecule has 1 heterocycles. The molecular formula is C15H17N3O2. The zero-order valence-electron chi connectivity index (χ0n) is 11.1. The monoisotopic (exact) mass is 271 g/mol. The number of aromatic nitrogens is 2. The molecule has 0 spiro atoms. The fraction of sp³-hybridized carbons (Fsp3) is 0.400. The smallest absolute Gasteiger partial charge is 0.306 e. The van der Waals surface area contributed by atoms with Gasteiger partial charge in [0.05, 0.1) is 11.4 Å². The van der Waals surface area contributed by atoms with Crippen molar-refractivity contribution in [2.45, 2.75) is 31.7 Å². The molecule has 3 rings (SSSR count). The lowest BCUT2D eigenvalue weighted by atomic mass is 9.86. The summed E-state index contributed by atoms with van der Waals surface area (Å²) in [5, 5.41) is 13.5. The van der Waals surface area contributed by atoms with Crippen molar-refractivity contribution in [1.82, 2.24) is 9.97 Å². The van der Waals surface area contributed by atoms with Crippen LogP contribution < -0.4 is 5.32 Å². The minimum Gasteiger partial charge on any atom is -0.481 e. The van der Waals surface area contributed by atoms with Crippen LogP contribution in [0.3, 0.4) is 0 Å². The molecule has 0 amide bonds. The largest absolute Gasteiger partial charge is 0.481 e. The fourth-order valence-corrected chi connectivity index (χ4v) is 2.86. The second kappa shape index (κ2) is 5.45. The van der Waals surface area contributed by atoms with Crippen LogP contribution in [0.25, 0.3) is 10.9 Å². The Morgan fingerprint density at radius 1 is 1.25 bits per heavy atom. The van der Waals surface area contributed by atoms with Crippen molar-refractivity contribution in [1.29, 1.82) is 0 Å². The summed E-state index contributed by atoms with van der Waals surface area (Å²) in [5.74, 6) is -0.134.